The average molecular weight is 197 g/mol. The Morgan fingerprint density at radius 3 is 2.33 bits per heavy atom. The van der Waals surface area contributed by atoms with Crippen molar-refractivity contribution in [2.45, 2.75) is 19.9 Å². The topological polar surface area (TPSA) is 55.1 Å². The van der Waals surface area contributed by atoms with Crippen LogP contribution in [0.2, 0.25) is 0 Å². The Morgan fingerprint density at radius 1 is 1.78 bits per heavy atom. The summed E-state index contributed by atoms with van der Waals surface area (Å²) in [7, 11) is 0. The van der Waals surface area contributed by atoms with E-state index in [1.54, 1.807) is 6.92 Å². The van der Waals surface area contributed by atoms with E-state index in [4.69, 9.17) is 5.73 Å². The molecule has 0 spiro atoms. The SMILES string of the molecule is Br.CCNC(=O)C(C)N. The van der Waals surface area contributed by atoms with Gasteiger partial charge in [0, 0.05) is 6.54 Å². The van der Waals surface area contributed by atoms with E-state index in [9.17, 15) is 4.79 Å². The van der Waals surface area contributed by atoms with Crippen LogP contribution in [0.3, 0.4) is 0 Å². The summed E-state index contributed by atoms with van der Waals surface area (Å²) in [5.41, 5.74) is 5.21. The van der Waals surface area contributed by atoms with Crippen LogP contribution in [0.4, 0.5) is 0 Å². The first-order chi connectivity index (χ1) is 3.68. The summed E-state index contributed by atoms with van der Waals surface area (Å²) in [6, 6.07) is -0.380. The molecule has 0 aromatic heterocycles. The predicted octanol–water partition coefficient (Wildman–Crippen LogP) is 0.0476. The third-order valence-corrected chi connectivity index (χ3v) is 0.765. The molecule has 3 nitrogen and oxygen atoms in total. The van der Waals surface area contributed by atoms with E-state index in [0.29, 0.717) is 6.54 Å². The molecular weight excluding hydrogens is 184 g/mol. The number of likely N-dealkylation sites (N-methyl/N-ethyl adjacent to an activating group) is 1. The maximum absolute atomic E-state index is 10.5. The van der Waals surface area contributed by atoms with Crippen LogP contribution in [0.1, 0.15) is 13.8 Å². The third-order valence-electron chi connectivity index (χ3n) is 0.765. The number of halogens is 1. The fraction of sp³-hybridized carbons (Fsp3) is 0.800. The molecule has 0 aliphatic heterocycles. The molecule has 0 aliphatic carbocycles. The number of amides is 1. The molecule has 0 saturated heterocycles. The molecule has 0 radical (unpaired) electrons. The van der Waals surface area contributed by atoms with Crippen molar-refractivity contribution in [3.8, 4) is 0 Å². The summed E-state index contributed by atoms with van der Waals surface area (Å²) in [6.07, 6.45) is 0. The lowest BCUT2D eigenvalue weighted by molar-refractivity contribution is -0.121. The van der Waals surface area contributed by atoms with Crippen molar-refractivity contribution in [2.24, 2.45) is 5.73 Å². The van der Waals surface area contributed by atoms with E-state index < -0.39 is 0 Å². The Kier molecular flexibility index (Phi) is 7.83. The molecule has 0 bridgehead atoms. The fourth-order valence-corrected chi connectivity index (χ4v) is 0.335. The van der Waals surface area contributed by atoms with Gasteiger partial charge in [0.05, 0.1) is 6.04 Å². The lowest BCUT2D eigenvalue weighted by Crippen LogP contribution is -2.37. The molecule has 0 aromatic carbocycles. The van der Waals surface area contributed by atoms with Gasteiger partial charge in [-0.05, 0) is 13.8 Å². The average Bonchev–Trinajstić information content (AvgIpc) is 1.67. The van der Waals surface area contributed by atoms with Crippen LogP contribution in [0.5, 0.6) is 0 Å². The highest BCUT2D eigenvalue weighted by Crippen LogP contribution is 1.71. The zero-order valence-electron chi connectivity index (χ0n) is 5.68. The van der Waals surface area contributed by atoms with Crippen LogP contribution >= 0.6 is 17.0 Å². The summed E-state index contributed by atoms with van der Waals surface area (Å²) in [4.78, 5) is 10.5. The van der Waals surface area contributed by atoms with Gasteiger partial charge in [-0.3, -0.25) is 4.79 Å². The zero-order valence-corrected chi connectivity index (χ0v) is 7.39. The van der Waals surface area contributed by atoms with Crippen molar-refractivity contribution in [2.75, 3.05) is 6.54 Å². The highest BCUT2D eigenvalue weighted by molar-refractivity contribution is 8.93. The number of carbonyl (C=O) groups excluding carboxylic acids is 1. The summed E-state index contributed by atoms with van der Waals surface area (Å²) < 4.78 is 0. The monoisotopic (exact) mass is 196 g/mol. The molecule has 0 aliphatic rings. The summed E-state index contributed by atoms with van der Waals surface area (Å²) in [5, 5.41) is 2.58. The van der Waals surface area contributed by atoms with Gasteiger partial charge in [-0.25, -0.2) is 0 Å². The number of hydrogen-bond donors (Lipinski definition) is 2. The largest absolute Gasteiger partial charge is 0.355 e. The molecule has 0 heterocycles. The molecule has 0 aromatic rings. The highest BCUT2D eigenvalue weighted by Gasteiger charge is 2.02. The molecule has 1 unspecified atom stereocenters. The predicted molar refractivity (Wildman–Crippen MR) is 42.7 cm³/mol. The van der Waals surface area contributed by atoms with E-state index in [1.165, 1.54) is 0 Å². The van der Waals surface area contributed by atoms with Crippen molar-refractivity contribution in [1.82, 2.24) is 5.32 Å². The maximum Gasteiger partial charge on any atom is 0.236 e. The Hall–Kier alpha value is -0.0900. The second-order valence-electron chi connectivity index (χ2n) is 1.68. The summed E-state index contributed by atoms with van der Waals surface area (Å²) in [6.45, 7) is 4.17. The molecule has 3 N–H and O–H groups in total. The highest BCUT2D eigenvalue weighted by atomic mass is 79.9. The Labute approximate surface area is 65.8 Å². The van der Waals surface area contributed by atoms with Crippen LogP contribution in [-0.2, 0) is 4.79 Å². The molecular formula is C5H13BrN2O. The minimum Gasteiger partial charge on any atom is -0.355 e. The molecule has 4 heteroatoms. The summed E-state index contributed by atoms with van der Waals surface area (Å²) in [5.74, 6) is -0.0903. The normalized spacial score (nSPS) is 11.4. The first-order valence-corrected chi connectivity index (χ1v) is 2.71. The molecule has 0 saturated carbocycles. The van der Waals surface area contributed by atoms with Crippen LogP contribution in [0.25, 0.3) is 0 Å². The Morgan fingerprint density at radius 2 is 2.22 bits per heavy atom. The van der Waals surface area contributed by atoms with Crippen LogP contribution in [0.15, 0.2) is 0 Å². The lowest BCUT2D eigenvalue weighted by Gasteiger charge is -2.02. The molecule has 0 fully saturated rings. The van der Waals surface area contributed by atoms with Gasteiger partial charge in [-0.1, -0.05) is 0 Å². The summed E-state index contributed by atoms with van der Waals surface area (Å²) >= 11 is 0. The molecule has 0 rings (SSSR count). The van der Waals surface area contributed by atoms with Gasteiger partial charge in [0.2, 0.25) is 5.91 Å². The second-order valence-corrected chi connectivity index (χ2v) is 1.68. The second kappa shape index (κ2) is 6.04. The smallest absolute Gasteiger partial charge is 0.236 e. The first-order valence-electron chi connectivity index (χ1n) is 2.71. The van der Waals surface area contributed by atoms with Crippen LogP contribution in [0, 0.1) is 0 Å². The van der Waals surface area contributed by atoms with Crippen molar-refractivity contribution in [1.29, 1.82) is 0 Å². The van der Waals surface area contributed by atoms with Gasteiger partial charge in [0.1, 0.15) is 0 Å². The Bertz CT molecular complexity index is 85.0. The minimum atomic E-state index is -0.380. The van der Waals surface area contributed by atoms with Crippen molar-refractivity contribution < 1.29 is 4.79 Å². The van der Waals surface area contributed by atoms with Crippen LogP contribution < -0.4 is 11.1 Å². The maximum atomic E-state index is 10.5. The van der Waals surface area contributed by atoms with E-state index in [-0.39, 0.29) is 28.9 Å². The molecule has 56 valence electrons. The molecule has 9 heavy (non-hydrogen) atoms. The Balaban J connectivity index is 0. The van der Waals surface area contributed by atoms with Gasteiger partial charge in [0.15, 0.2) is 0 Å². The van der Waals surface area contributed by atoms with Crippen molar-refractivity contribution in [3.05, 3.63) is 0 Å². The fourth-order valence-electron chi connectivity index (χ4n) is 0.335. The zero-order chi connectivity index (χ0) is 6.57. The third kappa shape index (κ3) is 5.79. The van der Waals surface area contributed by atoms with Crippen molar-refractivity contribution in [3.63, 3.8) is 0 Å². The van der Waals surface area contributed by atoms with Gasteiger partial charge in [-0.15, -0.1) is 17.0 Å². The number of hydrogen-bond acceptors (Lipinski definition) is 2. The number of nitrogens with two attached hydrogens (primary N) is 1. The quantitative estimate of drug-likeness (QED) is 0.657. The first kappa shape index (κ1) is 11.7. The number of nitrogens with one attached hydrogen (secondary N) is 1. The standard InChI is InChI=1S/C5H12N2O.BrH/c1-3-7-5(8)4(2)6;/h4H,3,6H2,1-2H3,(H,7,8);1H. The van der Waals surface area contributed by atoms with E-state index in [2.05, 4.69) is 5.32 Å². The van der Waals surface area contributed by atoms with E-state index >= 15 is 0 Å². The van der Waals surface area contributed by atoms with Gasteiger partial charge < -0.3 is 11.1 Å². The van der Waals surface area contributed by atoms with E-state index in [0.717, 1.165) is 0 Å². The van der Waals surface area contributed by atoms with E-state index in [1.807, 2.05) is 6.92 Å². The van der Waals surface area contributed by atoms with Gasteiger partial charge in [-0.2, -0.15) is 0 Å². The molecule has 1 amide bonds. The van der Waals surface area contributed by atoms with Crippen molar-refractivity contribution >= 4 is 22.9 Å². The van der Waals surface area contributed by atoms with Crippen LogP contribution in [-0.4, -0.2) is 18.5 Å². The number of rotatable bonds is 2. The lowest BCUT2D eigenvalue weighted by atomic mass is 10.3. The van der Waals surface area contributed by atoms with Gasteiger partial charge in [0.25, 0.3) is 0 Å². The minimum absolute atomic E-state index is 0. The number of carbonyl (C=O) groups is 1. The molecule has 1 atom stereocenters. The van der Waals surface area contributed by atoms with Gasteiger partial charge >= 0.3 is 0 Å².